The molecule has 0 saturated carbocycles. The van der Waals surface area contributed by atoms with E-state index >= 15 is 0 Å². The van der Waals surface area contributed by atoms with E-state index in [1.54, 1.807) is 48.5 Å². The van der Waals surface area contributed by atoms with Gasteiger partial charge < -0.3 is 4.90 Å². The number of hydrogen-bond acceptors (Lipinski definition) is 4. The van der Waals surface area contributed by atoms with E-state index in [-0.39, 0.29) is 12.1 Å². The predicted octanol–water partition coefficient (Wildman–Crippen LogP) is 3.60. The molecule has 0 unspecified atom stereocenters. The average molecular weight is 465 g/mol. The second-order valence-electron chi connectivity index (χ2n) is 8.44. The first-order valence-corrected chi connectivity index (χ1v) is 12.1. The first-order valence-electron chi connectivity index (χ1n) is 10.5. The van der Waals surface area contributed by atoms with Gasteiger partial charge in [-0.2, -0.15) is 0 Å². The average Bonchev–Trinajstić information content (AvgIpc) is 3.13. The van der Waals surface area contributed by atoms with Gasteiger partial charge in [-0.1, -0.05) is 36.4 Å². The van der Waals surface area contributed by atoms with Crippen molar-refractivity contribution in [2.75, 3.05) is 15.6 Å². The number of aryl methyl sites for hydroxylation is 2. The summed E-state index contributed by atoms with van der Waals surface area (Å²) in [6.45, 7) is 3.75. The minimum absolute atomic E-state index is 0.0279. The van der Waals surface area contributed by atoms with Crippen molar-refractivity contribution in [2.45, 2.75) is 25.3 Å². The molecule has 0 radical (unpaired) electrons. The van der Waals surface area contributed by atoms with Crippen LogP contribution in [-0.4, -0.2) is 26.0 Å². The Morgan fingerprint density at radius 1 is 0.939 bits per heavy atom. The third-order valence-corrected chi connectivity index (χ3v) is 8.51. The van der Waals surface area contributed by atoms with Crippen LogP contribution in [0.3, 0.4) is 0 Å². The molecule has 1 atom stereocenters. The van der Waals surface area contributed by atoms with Crippen molar-refractivity contribution >= 4 is 33.0 Å². The molecule has 2 amide bonds. The summed E-state index contributed by atoms with van der Waals surface area (Å²) in [5, 5.41) is 0. The minimum atomic E-state index is -4.24. The van der Waals surface area contributed by atoms with Crippen molar-refractivity contribution in [1.82, 2.24) is 0 Å². The molecule has 3 aromatic rings. The Morgan fingerprint density at radius 2 is 1.70 bits per heavy atom. The molecular weight excluding hydrogens is 443 g/mol. The monoisotopic (exact) mass is 464 g/mol. The summed E-state index contributed by atoms with van der Waals surface area (Å²) in [6, 6.07) is 17.6. The molecule has 0 aromatic heterocycles. The van der Waals surface area contributed by atoms with Gasteiger partial charge in [0.25, 0.3) is 10.8 Å². The van der Waals surface area contributed by atoms with Gasteiger partial charge in [-0.25, -0.2) is 12.8 Å². The maximum atomic E-state index is 14.0. The Labute approximate surface area is 191 Å². The van der Waals surface area contributed by atoms with E-state index < -0.39 is 38.1 Å². The Balaban J connectivity index is 1.74. The van der Waals surface area contributed by atoms with Crippen molar-refractivity contribution in [3.05, 3.63) is 94.8 Å². The zero-order valence-corrected chi connectivity index (χ0v) is 18.9. The van der Waals surface area contributed by atoms with E-state index in [2.05, 4.69) is 0 Å². The van der Waals surface area contributed by atoms with Gasteiger partial charge in [-0.05, 0) is 60.9 Å². The standard InChI is InChI=1S/C25H21FN2O4S/c1-16-10-11-20(12-17(16)2)28-23(29)15-33(31,32)25(28)21-8-3-4-9-22(21)27(24(25)30)14-18-6-5-7-19(26)13-18/h3-13H,14-15H2,1-2H3/t25-/m1/s1. The third kappa shape index (κ3) is 2.94. The molecule has 33 heavy (non-hydrogen) atoms. The highest BCUT2D eigenvalue weighted by atomic mass is 32.2. The number of nitrogens with zero attached hydrogens (tertiary/aromatic N) is 2. The lowest BCUT2D eigenvalue weighted by Gasteiger charge is -2.33. The zero-order valence-electron chi connectivity index (χ0n) is 18.1. The third-order valence-electron chi connectivity index (χ3n) is 6.40. The first-order chi connectivity index (χ1) is 15.7. The molecule has 8 heteroatoms. The van der Waals surface area contributed by atoms with Crippen molar-refractivity contribution in [3.8, 4) is 0 Å². The van der Waals surface area contributed by atoms with Gasteiger partial charge in [0.1, 0.15) is 11.6 Å². The minimum Gasteiger partial charge on any atom is -0.304 e. The van der Waals surface area contributed by atoms with Gasteiger partial charge >= 0.3 is 0 Å². The first kappa shape index (κ1) is 21.3. The number of amides is 2. The van der Waals surface area contributed by atoms with Gasteiger partial charge in [0.2, 0.25) is 5.91 Å². The lowest BCUT2D eigenvalue weighted by Crippen LogP contribution is -2.54. The lowest BCUT2D eigenvalue weighted by molar-refractivity contribution is -0.123. The molecule has 1 saturated heterocycles. The van der Waals surface area contributed by atoms with Crippen LogP contribution in [0.2, 0.25) is 0 Å². The van der Waals surface area contributed by atoms with Crippen LogP contribution in [0.4, 0.5) is 15.8 Å². The Morgan fingerprint density at radius 3 is 2.42 bits per heavy atom. The molecule has 1 fully saturated rings. The molecule has 2 aliphatic heterocycles. The van der Waals surface area contributed by atoms with Crippen LogP contribution in [0, 0.1) is 19.7 Å². The topological polar surface area (TPSA) is 74.8 Å². The van der Waals surface area contributed by atoms with E-state index in [0.717, 1.165) is 16.0 Å². The van der Waals surface area contributed by atoms with Crippen LogP contribution in [0.1, 0.15) is 22.3 Å². The SMILES string of the molecule is Cc1ccc(N2C(=O)CS(=O)(=O)[C@]23C(=O)N(Cc2cccc(F)c2)c2ccccc23)cc1C. The maximum Gasteiger partial charge on any atom is 0.274 e. The maximum absolute atomic E-state index is 14.0. The number of sulfone groups is 1. The van der Waals surface area contributed by atoms with Gasteiger partial charge in [0.15, 0.2) is 9.84 Å². The fourth-order valence-electron chi connectivity index (χ4n) is 4.73. The Bertz CT molecular complexity index is 1440. The smallest absolute Gasteiger partial charge is 0.274 e. The number of fused-ring (bicyclic) bond motifs is 2. The predicted molar refractivity (Wildman–Crippen MR) is 123 cm³/mol. The van der Waals surface area contributed by atoms with Crippen molar-refractivity contribution in [3.63, 3.8) is 0 Å². The second kappa shape index (κ2) is 7.25. The number of anilines is 2. The van der Waals surface area contributed by atoms with E-state index in [9.17, 15) is 22.4 Å². The second-order valence-corrected chi connectivity index (χ2v) is 10.5. The van der Waals surface area contributed by atoms with Crippen molar-refractivity contribution in [2.24, 2.45) is 0 Å². The fraction of sp³-hybridized carbons (Fsp3) is 0.200. The Hall–Kier alpha value is -3.52. The van der Waals surface area contributed by atoms with Gasteiger partial charge in [-0.15, -0.1) is 0 Å². The number of benzene rings is 3. The quantitative estimate of drug-likeness (QED) is 0.594. The van der Waals surface area contributed by atoms with E-state index in [0.29, 0.717) is 16.9 Å². The van der Waals surface area contributed by atoms with Crippen LogP contribution in [-0.2, 0) is 30.8 Å². The molecule has 168 valence electrons. The molecule has 2 heterocycles. The Kier molecular flexibility index (Phi) is 4.68. The summed E-state index contributed by atoms with van der Waals surface area (Å²) in [5.74, 6) is -2.62. The largest absolute Gasteiger partial charge is 0.304 e. The molecule has 1 spiro atoms. The van der Waals surface area contributed by atoms with Crippen LogP contribution < -0.4 is 9.80 Å². The summed E-state index contributed by atoms with van der Waals surface area (Å²) < 4.78 is 41.0. The van der Waals surface area contributed by atoms with Crippen molar-refractivity contribution in [1.29, 1.82) is 0 Å². The molecule has 6 nitrogen and oxygen atoms in total. The summed E-state index contributed by atoms with van der Waals surface area (Å²) in [4.78, 5) is 27.4. The summed E-state index contributed by atoms with van der Waals surface area (Å²) in [7, 11) is -4.24. The van der Waals surface area contributed by atoms with E-state index in [1.165, 1.54) is 23.1 Å². The number of hydrogen-bond donors (Lipinski definition) is 0. The number of carbonyl (C=O) groups excluding carboxylic acids is 2. The molecule has 3 aromatic carbocycles. The van der Waals surface area contributed by atoms with E-state index in [4.69, 9.17) is 0 Å². The summed E-state index contributed by atoms with van der Waals surface area (Å²) in [5.41, 5.74) is 3.33. The molecule has 0 N–H and O–H groups in total. The molecule has 2 aliphatic rings. The van der Waals surface area contributed by atoms with Crippen molar-refractivity contribution < 1.29 is 22.4 Å². The van der Waals surface area contributed by atoms with Crippen LogP contribution in [0.25, 0.3) is 0 Å². The number of halogens is 1. The highest BCUT2D eigenvalue weighted by Gasteiger charge is 2.69. The molecule has 0 aliphatic carbocycles. The van der Waals surface area contributed by atoms with Gasteiger partial charge in [0.05, 0.1) is 12.2 Å². The molecular formula is C25H21FN2O4S. The number of rotatable bonds is 3. The molecule has 5 rings (SSSR count). The summed E-state index contributed by atoms with van der Waals surface area (Å²) >= 11 is 0. The zero-order chi connectivity index (χ0) is 23.5. The molecule has 0 bridgehead atoms. The van der Waals surface area contributed by atoms with Crippen LogP contribution in [0.15, 0.2) is 66.7 Å². The number of para-hydroxylation sites is 1. The van der Waals surface area contributed by atoms with Gasteiger partial charge in [-0.3, -0.25) is 14.5 Å². The highest BCUT2D eigenvalue weighted by Crippen LogP contribution is 2.52. The number of carbonyl (C=O) groups is 2. The fourth-order valence-corrected chi connectivity index (χ4v) is 6.76. The van der Waals surface area contributed by atoms with Crippen LogP contribution in [0.5, 0.6) is 0 Å². The summed E-state index contributed by atoms with van der Waals surface area (Å²) in [6.07, 6.45) is 0. The normalized spacial score (nSPS) is 21.2. The highest BCUT2D eigenvalue weighted by molar-refractivity contribution is 7.94. The van der Waals surface area contributed by atoms with E-state index in [1.807, 2.05) is 13.8 Å². The van der Waals surface area contributed by atoms with Crippen LogP contribution >= 0.6 is 0 Å². The van der Waals surface area contributed by atoms with Gasteiger partial charge in [0, 0.05) is 11.3 Å². The lowest BCUT2D eigenvalue weighted by atomic mass is 10.0.